The zero-order chi connectivity index (χ0) is 12.3. The van der Waals surface area contributed by atoms with Crippen LogP contribution in [0.1, 0.15) is 5.69 Å². The number of nitrogens with zero attached hydrogens (tertiary/aromatic N) is 2. The number of rotatable bonds is 4. The molecular weight excluding hydrogens is 245 g/mol. The van der Waals surface area contributed by atoms with Gasteiger partial charge in [0.05, 0.1) is 28.4 Å². The van der Waals surface area contributed by atoms with E-state index in [-0.39, 0.29) is 11.4 Å². The number of aromatic nitrogens is 1. The predicted octanol–water partition coefficient (Wildman–Crippen LogP) is 2.80. The van der Waals surface area contributed by atoms with E-state index in [0.717, 1.165) is 17.8 Å². The molecule has 0 amide bonds. The molecule has 0 aliphatic carbocycles. The minimum Gasteiger partial charge on any atom is -0.377 e. The first-order valence-corrected chi connectivity index (χ1v) is 5.66. The van der Waals surface area contributed by atoms with Crippen LogP contribution in [0, 0.1) is 15.9 Å². The van der Waals surface area contributed by atoms with Crippen molar-refractivity contribution in [3.8, 4) is 0 Å². The molecule has 7 heteroatoms. The van der Waals surface area contributed by atoms with Gasteiger partial charge < -0.3 is 5.32 Å². The van der Waals surface area contributed by atoms with Crippen molar-refractivity contribution in [2.75, 3.05) is 5.32 Å². The van der Waals surface area contributed by atoms with Gasteiger partial charge in [0.15, 0.2) is 0 Å². The summed E-state index contributed by atoms with van der Waals surface area (Å²) in [5, 5.41) is 15.1. The molecule has 17 heavy (non-hydrogen) atoms. The zero-order valence-electron chi connectivity index (χ0n) is 8.59. The van der Waals surface area contributed by atoms with Crippen LogP contribution in [-0.2, 0) is 6.54 Å². The number of hydrogen-bond acceptors (Lipinski definition) is 5. The van der Waals surface area contributed by atoms with Crippen molar-refractivity contribution in [2.24, 2.45) is 0 Å². The topological polar surface area (TPSA) is 68.1 Å². The summed E-state index contributed by atoms with van der Waals surface area (Å²) in [5.74, 6) is -0.522. The fraction of sp³-hybridized carbons (Fsp3) is 0.100. The van der Waals surface area contributed by atoms with Gasteiger partial charge in [0.1, 0.15) is 5.82 Å². The summed E-state index contributed by atoms with van der Waals surface area (Å²) in [6.45, 7) is 0.335. The Labute approximate surface area is 100 Å². The number of anilines is 1. The highest BCUT2D eigenvalue weighted by Gasteiger charge is 2.10. The normalized spacial score (nSPS) is 10.2. The molecule has 1 aromatic heterocycles. The summed E-state index contributed by atoms with van der Waals surface area (Å²) in [7, 11) is 0. The Kier molecular flexibility index (Phi) is 3.29. The minimum atomic E-state index is -0.562. The van der Waals surface area contributed by atoms with Gasteiger partial charge in [0.25, 0.3) is 5.69 Å². The van der Waals surface area contributed by atoms with E-state index in [9.17, 15) is 14.5 Å². The maximum absolute atomic E-state index is 13.4. The molecule has 2 rings (SSSR count). The first-order chi connectivity index (χ1) is 8.16. The summed E-state index contributed by atoms with van der Waals surface area (Å²) in [4.78, 5) is 14.0. The molecule has 0 unspecified atom stereocenters. The Balaban J connectivity index is 2.14. The highest BCUT2D eigenvalue weighted by Crippen LogP contribution is 2.21. The highest BCUT2D eigenvalue weighted by molar-refractivity contribution is 7.07. The van der Waals surface area contributed by atoms with Gasteiger partial charge in [-0.05, 0) is 6.07 Å². The second-order valence-corrected chi connectivity index (χ2v) is 3.97. The Hall–Kier alpha value is -2.02. The summed E-state index contributed by atoms with van der Waals surface area (Å²) in [5.41, 5.74) is 2.39. The molecule has 2 aromatic rings. The maximum atomic E-state index is 13.4. The number of nitro groups is 1. The third-order valence-corrected chi connectivity index (χ3v) is 2.74. The number of benzene rings is 1. The van der Waals surface area contributed by atoms with Crippen molar-refractivity contribution in [3.63, 3.8) is 0 Å². The van der Waals surface area contributed by atoms with E-state index in [1.807, 2.05) is 5.38 Å². The molecule has 1 aromatic carbocycles. The van der Waals surface area contributed by atoms with Crippen LogP contribution in [0.5, 0.6) is 0 Å². The molecular formula is C10H8FN3O2S. The van der Waals surface area contributed by atoms with Crippen molar-refractivity contribution in [3.05, 3.63) is 50.7 Å². The summed E-state index contributed by atoms with van der Waals surface area (Å²) < 4.78 is 13.4. The van der Waals surface area contributed by atoms with Crippen LogP contribution in [0.15, 0.2) is 29.1 Å². The fourth-order valence-electron chi connectivity index (χ4n) is 1.27. The number of hydrogen-bond donors (Lipinski definition) is 1. The number of halogens is 1. The van der Waals surface area contributed by atoms with Crippen molar-refractivity contribution in [1.29, 1.82) is 0 Å². The largest absolute Gasteiger partial charge is 0.377 e. The van der Waals surface area contributed by atoms with Gasteiger partial charge in [-0.15, -0.1) is 11.3 Å². The molecule has 5 nitrogen and oxygen atoms in total. The van der Waals surface area contributed by atoms with Crippen molar-refractivity contribution in [2.45, 2.75) is 6.54 Å². The highest BCUT2D eigenvalue weighted by atomic mass is 32.1. The van der Waals surface area contributed by atoms with Crippen LogP contribution in [0.4, 0.5) is 15.8 Å². The maximum Gasteiger partial charge on any atom is 0.271 e. The van der Waals surface area contributed by atoms with E-state index >= 15 is 0 Å². The minimum absolute atomic E-state index is 0.104. The van der Waals surface area contributed by atoms with Crippen LogP contribution < -0.4 is 5.32 Å². The molecule has 88 valence electrons. The van der Waals surface area contributed by atoms with Gasteiger partial charge in [-0.2, -0.15) is 0 Å². The average Bonchev–Trinajstić information content (AvgIpc) is 2.80. The second kappa shape index (κ2) is 4.88. The Morgan fingerprint density at radius 2 is 2.35 bits per heavy atom. The third kappa shape index (κ3) is 2.76. The number of thiazole rings is 1. The van der Waals surface area contributed by atoms with Crippen LogP contribution in [-0.4, -0.2) is 9.91 Å². The van der Waals surface area contributed by atoms with Crippen molar-refractivity contribution >= 4 is 22.7 Å². The average molecular weight is 253 g/mol. The Morgan fingerprint density at radius 3 is 3.00 bits per heavy atom. The third-order valence-electron chi connectivity index (χ3n) is 2.10. The molecule has 0 radical (unpaired) electrons. The first kappa shape index (κ1) is 11.5. The Bertz CT molecular complexity index is 530. The molecule has 1 heterocycles. The SMILES string of the molecule is O=[N+]([O-])c1ccc(F)c(NCc2cscn2)c1. The summed E-state index contributed by atoms with van der Waals surface area (Å²) >= 11 is 1.43. The lowest BCUT2D eigenvalue weighted by Crippen LogP contribution is -2.02. The molecule has 0 spiro atoms. The molecule has 0 aliphatic rings. The first-order valence-electron chi connectivity index (χ1n) is 4.71. The number of nitro benzene ring substituents is 1. The van der Waals surface area contributed by atoms with E-state index in [4.69, 9.17) is 0 Å². The van der Waals surface area contributed by atoms with Crippen LogP contribution >= 0.6 is 11.3 Å². The summed E-state index contributed by atoms with van der Waals surface area (Å²) in [6.07, 6.45) is 0. The predicted molar refractivity (Wildman–Crippen MR) is 62.5 cm³/mol. The smallest absolute Gasteiger partial charge is 0.271 e. The van der Waals surface area contributed by atoms with Crippen LogP contribution in [0.3, 0.4) is 0 Å². The monoisotopic (exact) mass is 253 g/mol. The van der Waals surface area contributed by atoms with E-state index < -0.39 is 10.7 Å². The van der Waals surface area contributed by atoms with Crippen molar-refractivity contribution in [1.82, 2.24) is 4.98 Å². The fourth-order valence-corrected chi connectivity index (χ4v) is 1.83. The molecule has 0 atom stereocenters. The van der Waals surface area contributed by atoms with Gasteiger partial charge >= 0.3 is 0 Å². The van der Waals surface area contributed by atoms with Gasteiger partial charge in [0.2, 0.25) is 0 Å². The number of nitrogens with one attached hydrogen (secondary N) is 1. The standard InChI is InChI=1S/C10H8FN3O2S/c11-9-2-1-8(14(15)16)3-10(9)12-4-7-5-17-6-13-7/h1-3,5-6,12H,4H2. The second-order valence-electron chi connectivity index (χ2n) is 3.25. The lowest BCUT2D eigenvalue weighted by Gasteiger charge is -2.05. The number of non-ortho nitro benzene ring substituents is 1. The van der Waals surface area contributed by atoms with E-state index in [1.54, 1.807) is 5.51 Å². The van der Waals surface area contributed by atoms with E-state index in [2.05, 4.69) is 10.3 Å². The molecule has 0 saturated heterocycles. The van der Waals surface area contributed by atoms with Crippen LogP contribution in [0.2, 0.25) is 0 Å². The Morgan fingerprint density at radius 1 is 1.53 bits per heavy atom. The van der Waals surface area contributed by atoms with Gasteiger partial charge in [-0.25, -0.2) is 9.37 Å². The quantitative estimate of drug-likeness (QED) is 0.672. The van der Waals surface area contributed by atoms with E-state index in [0.29, 0.717) is 6.54 Å². The van der Waals surface area contributed by atoms with Gasteiger partial charge in [0, 0.05) is 17.5 Å². The van der Waals surface area contributed by atoms with Gasteiger partial charge in [-0.1, -0.05) is 0 Å². The van der Waals surface area contributed by atoms with E-state index in [1.165, 1.54) is 17.4 Å². The lowest BCUT2D eigenvalue weighted by molar-refractivity contribution is -0.384. The molecule has 0 fully saturated rings. The zero-order valence-corrected chi connectivity index (χ0v) is 9.41. The molecule has 0 saturated carbocycles. The molecule has 0 aliphatic heterocycles. The van der Waals surface area contributed by atoms with Gasteiger partial charge in [-0.3, -0.25) is 10.1 Å². The van der Waals surface area contributed by atoms with Crippen LogP contribution in [0.25, 0.3) is 0 Å². The van der Waals surface area contributed by atoms with Crippen molar-refractivity contribution < 1.29 is 9.31 Å². The summed E-state index contributed by atoms with van der Waals surface area (Å²) in [6, 6.07) is 3.37. The molecule has 1 N–H and O–H groups in total. The molecule has 0 bridgehead atoms. The lowest BCUT2D eigenvalue weighted by atomic mass is 10.2.